The summed E-state index contributed by atoms with van der Waals surface area (Å²) >= 11 is 0. The van der Waals surface area contributed by atoms with Crippen LogP contribution in [0.4, 0.5) is 5.69 Å². The van der Waals surface area contributed by atoms with Crippen LogP contribution in [0.1, 0.15) is 15.9 Å². The number of aromatic carboxylic acids is 1. The number of sulfonamides is 1. The van der Waals surface area contributed by atoms with E-state index in [1.165, 1.54) is 6.07 Å². The Morgan fingerprint density at radius 1 is 1.10 bits per heavy atom. The zero-order chi connectivity index (χ0) is 15.6. The lowest BCUT2D eigenvalue weighted by molar-refractivity contribution is 0.0697. The summed E-state index contributed by atoms with van der Waals surface area (Å²) < 4.78 is 24.9. The SMILES string of the molecule is Cc1cc(-c2cccc(C(=O)O)c2)ccc1NS(C)(=O)=O. The summed E-state index contributed by atoms with van der Waals surface area (Å²) in [6, 6.07) is 11.8. The third-order valence-corrected chi connectivity index (χ3v) is 3.56. The van der Waals surface area contributed by atoms with Crippen molar-refractivity contribution in [3.8, 4) is 11.1 Å². The topological polar surface area (TPSA) is 83.5 Å². The number of hydrogen-bond acceptors (Lipinski definition) is 3. The van der Waals surface area contributed by atoms with Crippen LogP contribution in [-0.4, -0.2) is 25.7 Å². The minimum Gasteiger partial charge on any atom is -0.478 e. The van der Waals surface area contributed by atoms with Crippen molar-refractivity contribution in [2.24, 2.45) is 0 Å². The predicted octanol–water partition coefficient (Wildman–Crippen LogP) is 2.73. The van der Waals surface area contributed by atoms with Crippen LogP contribution in [-0.2, 0) is 10.0 Å². The Morgan fingerprint density at radius 3 is 2.33 bits per heavy atom. The van der Waals surface area contributed by atoms with E-state index in [4.69, 9.17) is 5.11 Å². The zero-order valence-electron chi connectivity index (χ0n) is 11.6. The number of carboxylic acid groups (broad SMARTS) is 1. The van der Waals surface area contributed by atoms with E-state index in [1.54, 1.807) is 31.2 Å². The first-order valence-electron chi connectivity index (χ1n) is 6.18. The second kappa shape index (κ2) is 5.57. The third-order valence-electron chi connectivity index (χ3n) is 2.96. The van der Waals surface area contributed by atoms with Gasteiger partial charge in [-0.15, -0.1) is 0 Å². The minimum absolute atomic E-state index is 0.212. The average molecular weight is 305 g/mol. The molecule has 0 saturated heterocycles. The van der Waals surface area contributed by atoms with Crippen LogP contribution in [0.5, 0.6) is 0 Å². The minimum atomic E-state index is -3.32. The predicted molar refractivity (Wildman–Crippen MR) is 82.0 cm³/mol. The van der Waals surface area contributed by atoms with Gasteiger partial charge in [0.15, 0.2) is 0 Å². The van der Waals surface area contributed by atoms with Crippen molar-refractivity contribution in [3.63, 3.8) is 0 Å². The highest BCUT2D eigenvalue weighted by molar-refractivity contribution is 7.92. The molecule has 0 aromatic heterocycles. The Balaban J connectivity index is 2.40. The lowest BCUT2D eigenvalue weighted by Crippen LogP contribution is -2.10. The maximum atomic E-state index is 11.3. The van der Waals surface area contributed by atoms with Crippen molar-refractivity contribution >= 4 is 21.7 Å². The number of aryl methyl sites for hydroxylation is 1. The molecule has 0 aliphatic heterocycles. The average Bonchev–Trinajstić information content (AvgIpc) is 2.40. The van der Waals surface area contributed by atoms with Gasteiger partial charge in [-0.2, -0.15) is 0 Å². The highest BCUT2D eigenvalue weighted by atomic mass is 32.2. The summed E-state index contributed by atoms with van der Waals surface area (Å²) in [4.78, 5) is 11.0. The molecule has 0 unspecified atom stereocenters. The maximum Gasteiger partial charge on any atom is 0.335 e. The molecule has 0 bridgehead atoms. The van der Waals surface area contributed by atoms with Gasteiger partial charge >= 0.3 is 5.97 Å². The fourth-order valence-corrected chi connectivity index (χ4v) is 2.62. The van der Waals surface area contributed by atoms with Crippen LogP contribution in [0, 0.1) is 6.92 Å². The molecule has 6 heteroatoms. The van der Waals surface area contributed by atoms with E-state index in [2.05, 4.69) is 4.72 Å². The first-order valence-corrected chi connectivity index (χ1v) is 8.07. The van der Waals surface area contributed by atoms with E-state index >= 15 is 0 Å². The Hall–Kier alpha value is -2.34. The fourth-order valence-electron chi connectivity index (χ4n) is 1.99. The fraction of sp³-hybridized carbons (Fsp3) is 0.133. The smallest absolute Gasteiger partial charge is 0.335 e. The normalized spacial score (nSPS) is 11.1. The summed E-state index contributed by atoms with van der Waals surface area (Å²) in [7, 11) is -3.32. The number of carbonyl (C=O) groups is 1. The number of rotatable bonds is 4. The van der Waals surface area contributed by atoms with Gasteiger partial charge in [0.25, 0.3) is 0 Å². The van der Waals surface area contributed by atoms with Crippen molar-refractivity contribution in [2.75, 3.05) is 11.0 Å². The molecule has 2 aromatic carbocycles. The Kier molecular flexibility index (Phi) is 3.99. The molecular formula is C15H15NO4S. The molecule has 5 nitrogen and oxygen atoms in total. The van der Waals surface area contributed by atoms with Crippen LogP contribution in [0.3, 0.4) is 0 Å². The Labute approximate surface area is 123 Å². The molecule has 21 heavy (non-hydrogen) atoms. The molecule has 0 aliphatic carbocycles. The molecule has 0 aliphatic rings. The lowest BCUT2D eigenvalue weighted by Gasteiger charge is -2.10. The van der Waals surface area contributed by atoms with Gasteiger partial charge in [-0.05, 0) is 47.9 Å². The zero-order valence-corrected chi connectivity index (χ0v) is 12.4. The van der Waals surface area contributed by atoms with Crippen molar-refractivity contribution in [1.29, 1.82) is 0 Å². The first kappa shape index (κ1) is 15.1. The summed E-state index contributed by atoms with van der Waals surface area (Å²) in [6.07, 6.45) is 1.09. The molecule has 2 rings (SSSR count). The molecule has 0 spiro atoms. The molecular weight excluding hydrogens is 290 g/mol. The van der Waals surface area contributed by atoms with E-state index in [0.29, 0.717) is 5.69 Å². The highest BCUT2D eigenvalue weighted by Crippen LogP contribution is 2.26. The van der Waals surface area contributed by atoms with E-state index in [1.807, 2.05) is 12.1 Å². The molecule has 2 aromatic rings. The van der Waals surface area contributed by atoms with Crippen LogP contribution >= 0.6 is 0 Å². The van der Waals surface area contributed by atoms with E-state index in [0.717, 1.165) is 22.9 Å². The number of anilines is 1. The van der Waals surface area contributed by atoms with Crippen LogP contribution in [0.25, 0.3) is 11.1 Å². The Bertz CT molecular complexity index is 797. The van der Waals surface area contributed by atoms with Crippen LogP contribution in [0.15, 0.2) is 42.5 Å². The number of nitrogens with one attached hydrogen (secondary N) is 1. The van der Waals surface area contributed by atoms with Crippen LogP contribution in [0.2, 0.25) is 0 Å². The molecule has 0 heterocycles. The maximum absolute atomic E-state index is 11.3. The van der Waals surface area contributed by atoms with Crippen LogP contribution < -0.4 is 4.72 Å². The van der Waals surface area contributed by atoms with Gasteiger partial charge in [-0.3, -0.25) is 4.72 Å². The third kappa shape index (κ3) is 3.82. The number of carboxylic acids is 1. The van der Waals surface area contributed by atoms with E-state index in [9.17, 15) is 13.2 Å². The van der Waals surface area contributed by atoms with E-state index in [-0.39, 0.29) is 5.56 Å². The van der Waals surface area contributed by atoms with E-state index < -0.39 is 16.0 Å². The monoisotopic (exact) mass is 305 g/mol. The standard InChI is InChI=1S/C15H15NO4S/c1-10-8-12(6-7-14(10)16-21(2,19)20)11-4-3-5-13(9-11)15(17)18/h3-9,16H,1-2H3,(H,17,18). The summed E-state index contributed by atoms with van der Waals surface area (Å²) in [6.45, 7) is 1.79. The van der Waals surface area contributed by atoms with Gasteiger partial charge in [0.05, 0.1) is 17.5 Å². The van der Waals surface area contributed by atoms with Crippen molar-refractivity contribution in [2.45, 2.75) is 6.92 Å². The molecule has 0 radical (unpaired) electrons. The highest BCUT2D eigenvalue weighted by Gasteiger charge is 2.08. The molecule has 0 atom stereocenters. The largest absolute Gasteiger partial charge is 0.478 e. The Morgan fingerprint density at radius 2 is 1.76 bits per heavy atom. The quantitative estimate of drug-likeness (QED) is 0.909. The molecule has 2 N–H and O–H groups in total. The van der Waals surface area contributed by atoms with Gasteiger partial charge in [0, 0.05) is 0 Å². The van der Waals surface area contributed by atoms with Crippen molar-refractivity contribution < 1.29 is 18.3 Å². The van der Waals surface area contributed by atoms with Gasteiger partial charge < -0.3 is 5.11 Å². The van der Waals surface area contributed by atoms with Crippen molar-refractivity contribution in [3.05, 3.63) is 53.6 Å². The number of hydrogen-bond donors (Lipinski definition) is 2. The first-order chi connectivity index (χ1) is 9.76. The number of benzene rings is 2. The van der Waals surface area contributed by atoms with Crippen molar-refractivity contribution in [1.82, 2.24) is 0 Å². The second-order valence-corrected chi connectivity index (χ2v) is 6.54. The second-order valence-electron chi connectivity index (χ2n) is 4.79. The van der Waals surface area contributed by atoms with Gasteiger partial charge in [-0.1, -0.05) is 18.2 Å². The van der Waals surface area contributed by atoms with Gasteiger partial charge in [0.2, 0.25) is 10.0 Å². The summed E-state index contributed by atoms with van der Waals surface area (Å²) in [5, 5.41) is 9.01. The molecule has 110 valence electrons. The molecule has 0 fully saturated rings. The van der Waals surface area contributed by atoms with Gasteiger partial charge in [-0.25, -0.2) is 13.2 Å². The summed E-state index contributed by atoms with van der Waals surface area (Å²) in [5.74, 6) is -0.982. The van der Waals surface area contributed by atoms with Gasteiger partial charge in [0.1, 0.15) is 0 Å². The summed E-state index contributed by atoms with van der Waals surface area (Å²) in [5.41, 5.74) is 3.08. The molecule has 0 amide bonds. The lowest BCUT2D eigenvalue weighted by atomic mass is 10.0. The molecule has 0 saturated carbocycles.